The number of rotatable bonds is 3. The van der Waals surface area contributed by atoms with Gasteiger partial charge < -0.3 is 0 Å². The smallest absolute Gasteiger partial charge is 0.166 e. The monoisotopic (exact) mass is 300 g/mol. The zero-order chi connectivity index (χ0) is 12.5. The Bertz CT molecular complexity index is 559. The van der Waals surface area contributed by atoms with Gasteiger partial charge in [-0.05, 0) is 30.0 Å². The molecule has 90 valence electrons. The van der Waals surface area contributed by atoms with E-state index < -0.39 is 0 Å². The third-order valence-electron chi connectivity index (χ3n) is 3.48. The molecule has 2 atom stereocenters. The molecule has 0 spiro atoms. The summed E-state index contributed by atoms with van der Waals surface area (Å²) in [5.41, 5.74) is 2.11. The quantitative estimate of drug-likeness (QED) is 0.766. The lowest BCUT2D eigenvalue weighted by atomic mass is 10.0. The average molecular weight is 301 g/mol. The normalized spacial score (nSPS) is 21.6. The maximum Gasteiger partial charge on any atom is 0.166 e. The van der Waals surface area contributed by atoms with Crippen molar-refractivity contribution in [2.45, 2.75) is 12.3 Å². The molecule has 0 amide bonds. The molecule has 1 fully saturated rings. The Balaban J connectivity index is 1.75. The van der Waals surface area contributed by atoms with Crippen LogP contribution < -0.4 is 0 Å². The largest absolute Gasteiger partial charge is 0.294 e. The lowest BCUT2D eigenvalue weighted by molar-refractivity contribution is 0.0965. The van der Waals surface area contributed by atoms with Crippen molar-refractivity contribution >= 4 is 21.7 Å². The number of Topliss-reactive ketones (excluding diaryl/α,β-unsaturated/α-hetero) is 1. The van der Waals surface area contributed by atoms with Crippen molar-refractivity contribution in [1.29, 1.82) is 0 Å². The minimum Gasteiger partial charge on any atom is -0.294 e. The van der Waals surface area contributed by atoms with Crippen molar-refractivity contribution in [3.8, 4) is 0 Å². The standard InChI is InChI=1S/C16H13BrO/c17-13-8-6-12(7-9-13)16(18)15-10-14(15)11-4-2-1-3-5-11/h1-9,14-15H,10H2/t14-,15+/m1/s1. The summed E-state index contributed by atoms with van der Waals surface area (Å²) < 4.78 is 1.01. The third-order valence-corrected chi connectivity index (χ3v) is 4.01. The summed E-state index contributed by atoms with van der Waals surface area (Å²) >= 11 is 3.38. The minimum atomic E-state index is 0.175. The molecule has 18 heavy (non-hydrogen) atoms. The van der Waals surface area contributed by atoms with Crippen LogP contribution in [0.2, 0.25) is 0 Å². The van der Waals surface area contributed by atoms with Crippen LogP contribution in [0.5, 0.6) is 0 Å². The van der Waals surface area contributed by atoms with Crippen molar-refractivity contribution in [3.63, 3.8) is 0 Å². The van der Waals surface area contributed by atoms with Gasteiger partial charge in [0.05, 0.1) is 0 Å². The van der Waals surface area contributed by atoms with Gasteiger partial charge in [-0.25, -0.2) is 0 Å². The number of carbonyl (C=O) groups is 1. The van der Waals surface area contributed by atoms with Crippen molar-refractivity contribution in [3.05, 3.63) is 70.2 Å². The molecule has 0 radical (unpaired) electrons. The molecule has 0 bridgehead atoms. The van der Waals surface area contributed by atoms with E-state index in [0.29, 0.717) is 5.92 Å². The van der Waals surface area contributed by atoms with Crippen molar-refractivity contribution in [2.75, 3.05) is 0 Å². The van der Waals surface area contributed by atoms with E-state index in [1.165, 1.54) is 5.56 Å². The van der Waals surface area contributed by atoms with E-state index in [1.54, 1.807) is 0 Å². The van der Waals surface area contributed by atoms with Gasteiger partial charge in [0, 0.05) is 16.0 Å². The highest BCUT2D eigenvalue weighted by Crippen LogP contribution is 2.49. The molecular formula is C16H13BrO. The van der Waals surface area contributed by atoms with Crippen LogP contribution in [0, 0.1) is 5.92 Å². The Morgan fingerprint density at radius 3 is 2.33 bits per heavy atom. The first-order chi connectivity index (χ1) is 8.75. The maximum absolute atomic E-state index is 12.3. The zero-order valence-corrected chi connectivity index (χ0v) is 11.4. The highest BCUT2D eigenvalue weighted by molar-refractivity contribution is 9.10. The summed E-state index contributed by atoms with van der Waals surface area (Å²) in [6.45, 7) is 0. The highest BCUT2D eigenvalue weighted by Gasteiger charge is 2.43. The number of hydrogen-bond acceptors (Lipinski definition) is 1. The highest BCUT2D eigenvalue weighted by atomic mass is 79.9. The number of carbonyl (C=O) groups excluding carboxylic acids is 1. The molecule has 0 aromatic heterocycles. The minimum absolute atomic E-state index is 0.175. The summed E-state index contributed by atoms with van der Waals surface area (Å²) in [5, 5.41) is 0. The van der Waals surface area contributed by atoms with Crippen molar-refractivity contribution in [2.24, 2.45) is 5.92 Å². The SMILES string of the molecule is O=C(c1ccc(Br)cc1)[C@H]1C[C@@H]1c1ccccc1. The molecule has 1 saturated carbocycles. The predicted molar refractivity (Wildman–Crippen MR) is 75.8 cm³/mol. The lowest BCUT2D eigenvalue weighted by Crippen LogP contribution is -2.02. The fraction of sp³-hybridized carbons (Fsp3) is 0.188. The summed E-state index contributed by atoms with van der Waals surface area (Å²) in [6, 6.07) is 17.9. The molecule has 0 heterocycles. The topological polar surface area (TPSA) is 17.1 Å². The first-order valence-electron chi connectivity index (χ1n) is 6.10. The summed E-state index contributed by atoms with van der Waals surface area (Å²) in [6.07, 6.45) is 0.985. The number of ketones is 1. The Kier molecular flexibility index (Phi) is 3.04. The molecule has 2 heteroatoms. The second-order valence-corrected chi connectivity index (χ2v) is 5.65. The second kappa shape index (κ2) is 4.69. The van der Waals surface area contributed by atoms with Gasteiger partial charge >= 0.3 is 0 Å². The zero-order valence-electron chi connectivity index (χ0n) is 9.84. The Morgan fingerprint density at radius 1 is 1.00 bits per heavy atom. The van der Waals surface area contributed by atoms with Crippen LogP contribution in [0.3, 0.4) is 0 Å². The Hall–Kier alpha value is -1.41. The molecule has 2 aromatic carbocycles. The molecule has 0 saturated heterocycles. The molecule has 3 rings (SSSR count). The average Bonchev–Trinajstić information content (AvgIpc) is 3.20. The maximum atomic E-state index is 12.3. The fourth-order valence-electron chi connectivity index (χ4n) is 2.38. The van der Waals surface area contributed by atoms with E-state index >= 15 is 0 Å². The molecule has 0 aliphatic heterocycles. The van der Waals surface area contributed by atoms with E-state index in [0.717, 1.165) is 16.5 Å². The van der Waals surface area contributed by atoms with Crippen molar-refractivity contribution in [1.82, 2.24) is 0 Å². The van der Waals surface area contributed by atoms with Crippen LogP contribution in [0.1, 0.15) is 28.3 Å². The molecule has 1 aliphatic carbocycles. The molecular weight excluding hydrogens is 288 g/mol. The van der Waals surface area contributed by atoms with Gasteiger partial charge in [-0.1, -0.05) is 58.4 Å². The van der Waals surface area contributed by atoms with Crippen molar-refractivity contribution < 1.29 is 4.79 Å². The lowest BCUT2D eigenvalue weighted by Gasteiger charge is -2.01. The summed E-state index contributed by atoms with van der Waals surface area (Å²) in [5.74, 6) is 0.868. The van der Waals surface area contributed by atoms with E-state index in [-0.39, 0.29) is 11.7 Å². The predicted octanol–water partition coefficient (Wildman–Crippen LogP) is 4.44. The van der Waals surface area contributed by atoms with Gasteiger partial charge in [0.1, 0.15) is 0 Å². The Morgan fingerprint density at radius 2 is 1.67 bits per heavy atom. The van der Waals surface area contributed by atoms with Gasteiger partial charge in [0.2, 0.25) is 0 Å². The van der Waals surface area contributed by atoms with Gasteiger partial charge in [0.15, 0.2) is 5.78 Å². The van der Waals surface area contributed by atoms with Gasteiger partial charge in [-0.2, -0.15) is 0 Å². The fourth-order valence-corrected chi connectivity index (χ4v) is 2.65. The van der Waals surface area contributed by atoms with E-state index in [4.69, 9.17) is 0 Å². The first-order valence-corrected chi connectivity index (χ1v) is 6.90. The number of benzene rings is 2. The van der Waals surface area contributed by atoms with Crippen LogP contribution >= 0.6 is 15.9 Å². The number of hydrogen-bond donors (Lipinski definition) is 0. The van der Waals surface area contributed by atoms with E-state index in [1.807, 2.05) is 42.5 Å². The molecule has 2 aromatic rings. The third kappa shape index (κ3) is 2.25. The first kappa shape index (κ1) is 11.7. The van der Waals surface area contributed by atoms with Crippen LogP contribution in [0.15, 0.2) is 59.1 Å². The van der Waals surface area contributed by atoms with E-state index in [9.17, 15) is 4.79 Å². The molecule has 0 unspecified atom stereocenters. The van der Waals surface area contributed by atoms with Crippen LogP contribution in [-0.2, 0) is 0 Å². The molecule has 0 N–H and O–H groups in total. The van der Waals surface area contributed by atoms with Gasteiger partial charge in [0.25, 0.3) is 0 Å². The number of halogens is 1. The summed E-state index contributed by atoms with van der Waals surface area (Å²) in [7, 11) is 0. The van der Waals surface area contributed by atoms with Gasteiger partial charge in [-0.3, -0.25) is 4.79 Å². The van der Waals surface area contributed by atoms with Crippen LogP contribution in [-0.4, -0.2) is 5.78 Å². The molecule has 1 aliphatic rings. The summed E-state index contributed by atoms with van der Waals surface area (Å²) in [4.78, 5) is 12.3. The second-order valence-electron chi connectivity index (χ2n) is 4.73. The molecule has 1 nitrogen and oxygen atoms in total. The van der Waals surface area contributed by atoms with Gasteiger partial charge in [-0.15, -0.1) is 0 Å². The van der Waals surface area contributed by atoms with Crippen LogP contribution in [0.4, 0.5) is 0 Å². The van der Waals surface area contributed by atoms with Crippen LogP contribution in [0.25, 0.3) is 0 Å². The Labute approximate surface area is 115 Å². The van der Waals surface area contributed by atoms with E-state index in [2.05, 4.69) is 28.1 Å².